The summed E-state index contributed by atoms with van der Waals surface area (Å²) in [6, 6.07) is 19.6. The summed E-state index contributed by atoms with van der Waals surface area (Å²) in [5, 5.41) is 11.7. The van der Waals surface area contributed by atoms with Crippen molar-refractivity contribution in [1.82, 2.24) is 4.98 Å². The highest BCUT2D eigenvalue weighted by atomic mass is 32.1. The number of benzene rings is 3. The van der Waals surface area contributed by atoms with Crippen molar-refractivity contribution in [2.45, 2.75) is 32.7 Å². The van der Waals surface area contributed by atoms with Crippen molar-refractivity contribution in [1.29, 1.82) is 0 Å². The maximum absolute atomic E-state index is 13.4. The van der Waals surface area contributed by atoms with Crippen LogP contribution in [0.15, 0.2) is 72.3 Å². The SMILES string of the molecule is COc1ccc(C(O)=C2C(=O)C(=O)N(c3nc4ccc(C)cc4s3)C2c2ccc(C(C)C)cc2)cc1. The zero-order chi connectivity index (χ0) is 25.6. The van der Waals surface area contributed by atoms with E-state index in [4.69, 9.17) is 4.74 Å². The summed E-state index contributed by atoms with van der Waals surface area (Å²) in [6.45, 7) is 6.21. The van der Waals surface area contributed by atoms with Gasteiger partial charge in [-0.1, -0.05) is 55.5 Å². The lowest BCUT2D eigenvalue weighted by Crippen LogP contribution is -2.29. The lowest BCUT2D eigenvalue weighted by molar-refractivity contribution is -0.132. The molecular weight excluding hydrogens is 472 g/mol. The summed E-state index contributed by atoms with van der Waals surface area (Å²) in [4.78, 5) is 32.9. The first kappa shape index (κ1) is 23.8. The van der Waals surface area contributed by atoms with Gasteiger partial charge in [-0.15, -0.1) is 0 Å². The second kappa shape index (κ2) is 9.24. The van der Waals surface area contributed by atoms with Crippen molar-refractivity contribution in [3.05, 3.63) is 94.6 Å². The van der Waals surface area contributed by atoms with Crippen LogP contribution < -0.4 is 9.64 Å². The minimum Gasteiger partial charge on any atom is -0.507 e. The van der Waals surface area contributed by atoms with E-state index in [1.807, 2.05) is 49.4 Å². The predicted octanol–water partition coefficient (Wildman–Crippen LogP) is 6.36. The molecule has 7 heteroatoms. The number of carbonyl (C=O) groups excluding carboxylic acids is 2. The van der Waals surface area contributed by atoms with Crippen LogP contribution >= 0.6 is 11.3 Å². The van der Waals surface area contributed by atoms with E-state index in [0.29, 0.717) is 22.4 Å². The average molecular weight is 499 g/mol. The second-order valence-corrected chi connectivity index (χ2v) is 10.2. The van der Waals surface area contributed by atoms with Crippen LogP contribution in [-0.2, 0) is 9.59 Å². The third kappa shape index (κ3) is 4.05. The minimum absolute atomic E-state index is 0.0397. The van der Waals surface area contributed by atoms with Crippen LogP contribution in [0, 0.1) is 6.92 Å². The average Bonchev–Trinajstić information content (AvgIpc) is 3.41. The van der Waals surface area contributed by atoms with Gasteiger partial charge in [0.05, 0.1) is 28.9 Å². The number of hydrogen-bond acceptors (Lipinski definition) is 6. The summed E-state index contributed by atoms with van der Waals surface area (Å²) in [6.07, 6.45) is 0. The summed E-state index contributed by atoms with van der Waals surface area (Å²) in [5.41, 5.74) is 4.17. The molecule has 1 amide bonds. The topological polar surface area (TPSA) is 79.7 Å². The van der Waals surface area contributed by atoms with Crippen molar-refractivity contribution >= 4 is 44.1 Å². The van der Waals surface area contributed by atoms with Gasteiger partial charge in [0.1, 0.15) is 11.5 Å². The van der Waals surface area contributed by atoms with Gasteiger partial charge in [-0.3, -0.25) is 14.5 Å². The molecule has 0 bridgehead atoms. The fourth-order valence-electron chi connectivity index (χ4n) is 4.44. The number of rotatable bonds is 5. The standard InChI is InChI=1S/C29H26N2O4S/c1-16(2)18-6-8-19(9-7-18)25-24(26(32)20-10-12-21(35-4)13-11-20)27(33)28(34)31(25)29-30-22-14-5-17(3)15-23(22)36-29/h5-16,25,32H,1-4H3. The number of methoxy groups -OCH3 is 1. The van der Waals surface area contributed by atoms with Gasteiger partial charge >= 0.3 is 5.91 Å². The van der Waals surface area contributed by atoms with E-state index < -0.39 is 17.7 Å². The van der Waals surface area contributed by atoms with Crippen LogP contribution in [0.1, 0.15) is 48.1 Å². The van der Waals surface area contributed by atoms with Gasteiger partial charge in [-0.25, -0.2) is 4.98 Å². The molecule has 182 valence electrons. The molecule has 1 saturated heterocycles. The Labute approximate surface area is 213 Å². The Morgan fingerprint density at radius 1 is 1.03 bits per heavy atom. The first-order chi connectivity index (χ1) is 17.3. The van der Waals surface area contributed by atoms with Gasteiger partial charge in [0.15, 0.2) is 5.13 Å². The Morgan fingerprint density at radius 3 is 2.36 bits per heavy atom. The molecule has 4 aromatic rings. The largest absolute Gasteiger partial charge is 0.507 e. The number of nitrogens with zero attached hydrogens (tertiary/aromatic N) is 2. The molecule has 1 N–H and O–H groups in total. The van der Waals surface area contributed by atoms with Gasteiger partial charge in [-0.05, 0) is 65.9 Å². The highest BCUT2D eigenvalue weighted by molar-refractivity contribution is 7.22. The number of aromatic nitrogens is 1. The van der Waals surface area contributed by atoms with Crippen molar-refractivity contribution in [2.24, 2.45) is 0 Å². The fraction of sp³-hybridized carbons (Fsp3) is 0.207. The van der Waals surface area contributed by atoms with E-state index in [-0.39, 0.29) is 11.3 Å². The van der Waals surface area contributed by atoms with E-state index in [1.165, 1.54) is 16.2 Å². The second-order valence-electron chi connectivity index (χ2n) is 9.19. The van der Waals surface area contributed by atoms with Crippen LogP contribution in [0.2, 0.25) is 0 Å². The maximum Gasteiger partial charge on any atom is 0.301 e. The van der Waals surface area contributed by atoms with E-state index in [0.717, 1.165) is 26.9 Å². The number of fused-ring (bicyclic) bond motifs is 1. The number of anilines is 1. The molecule has 1 atom stereocenters. The Kier molecular flexibility index (Phi) is 6.10. The zero-order valence-electron chi connectivity index (χ0n) is 20.5. The summed E-state index contributed by atoms with van der Waals surface area (Å²) < 4.78 is 6.14. The number of carbonyl (C=O) groups is 2. The molecular formula is C29H26N2O4S. The number of Topliss-reactive ketones (excluding diaryl/α,β-unsaturated/α-hetero) is 1. The zero-order valence-corrected chi connectivity index (χ0v) is 21.3. The van der Waals surface area contributed by atoms with Crippen LogP contribution in [0.5, 0.6) is 5.75 Å². The molecule has 1 aliphatic rings. The van der Waals surface area contributed by atoms with Crippen LogP contribution in [-0.4, -0.2) is 28.9 Å². The molecule has 0 saturated carbocycles. The molecule has 1 aliphatic heterocycles. The quantitative estimate of drug-likeness (QED) is 0.197. The molecule has 6 nitrogen and oxygen atoms in total. The molecule has 1 unspecified atom stereocenters. The third-order valence-electron chi connectivity index (χ3n) is 6.47. The van der Waals surface area contributed by atoms with Crippen molar-refractivity contribution in [3.63, 3.8) is 0 Å². The molecule has 2 heterocycles. The molecule has 1 aromatic heterocycles. The number of thiazole rings is 1. The number of amides is 1. The Hall–Kier alpha value is -3.97. The van der Waals surface area contributed by atoms with Crippen LogP contribution in [0.3, 0.4) is 0 Å². The molecule has 36 heavy (non-hydrogen) atoms. The first-order valence-corrected chi connectivity index (χ1v) is 12.5. The highest BCUT2D eigenvalue weighted by Crippen LogP contribution is 2.44. The van der Waals surface area contributed by atoms with Gasteiger partial charge in [-0.2, -0.15) is 0 Å². The van der Waals surface area contributed by atoms with Gasteiger partial charge < -0.3 is 9.84 Å². The molecule has 0 aliphatic carbocycles. The van der Waals surface area contributed by atoms with Gasteiger partial charge in [0.2, 0.25) is 0 Å². The smallest absolute Gasteiger partial charge is 0.301 e. The number of aryl methyl sites for hydroxylation is 1. The van der Waals surface area contributed by atoms with Gasteiger partial charge in [0, 0.05) is 5.56 Å². The number of ether oxygens (including phenoxy) is 1. The first-order valence-electron chi connectivity index (χ1n) is 11.7. The van der Waals surface area contributed by atoms with Crippen LogP contribution in [0.4, 0.5) is 5.13 Å². The summed E-state index contributed by atoms with van der Waals surface area (Å²) in [5.74, 6) is -0.723. The monoisotopic (exact) mass is 498 g/mol. The van der Waals surface area contributed by atoms with Crippen molar-refractivity contribution in [3.8, 4) is 5.75 Å². The van der Waals surface area contributed by atoms with Crippen LogP contribution in [0.25, 0.3) is 16.0 Å². The molecule has 1 fully saturated rings. The van der Waals surface area contributed by atoms with E-state index in [1.54, 1.807) is 31.4 Å². The number of aliphatic hydroxyl groups excluding tert-OH is 1. The third-order valence-corrected chi connectivity index (χ3v) is 7.48. The Balaban J connectivity index is 1.70. The molecule has 0 radical (unpaired) electrons. The Bertz CT molecular complexity index is 1500. The summed E-state index contributed by atoms with van der Waals surface area (Å²) >= 11 is 1.36. The lowest BCUT2D eigenvalue weighted by Gasteiger charge is -2.23. The highest BCUT2D eigenvalue weighted by Gasteiger charge is 2.48. The minimum atomic E-state index is -0.810. The number of hydrogen-bond donors (Lipinski definition) is 1. The van der Waals surface area contributed by atoms with E-state index in [2.05, 4.69) is 18.8 Å². The maximum atomic E-state index is 13.4. The molecule has 3 aromatic carbocycles. The summed E-state index contributed by atoms with van der Waals surface area (Å²) in [7, 11) is 1.56. The van der Waals surface area contributed by atoms with Crippen molar-refractivity contribution < 1.29 is 19.4 Å². The van der Waals surface area contributed by atoms with E-state index in [9.17, 15) is 14.7 Å². The normalized spacial score (nSPS) is 17.4. The number of ketones is 1. The fourth-order valence-corrected chi connectivity index (χ4v) is 5.53. The Morgan fingerprint density at radius 2 is 1.72 bits per heavy atom. The van der Waals surface area contributed by atoms with E-state index >= 15 is 0 Å². The molecule has 5 rings (SSSR count). The predicted molar refractivity (Wildman–Crippen MR) is 143 cm³/mol. The lowest BCUT2D eigenvalue weighted by atomic mass is 9.93. The van der Waals surface area contributed by atoms with Crippen molar-refractivity contribution in [2.75, 3.05) is 12.0 Å². The number of aliphatic hydroxyl groups is 1. The van der Waals surface area contributed by atoms with Gasteiger partial charge in [0.25, 0.3) is 5.78 Å². The molecule has 0 spiro atoms.